The number of rotatable bonds is 6. The van der Waals surface area contributed by atoms with Crippen LogP contribution in [0, 0.1) is 0 Å². The first-order chi connectivity index (χ1) is 5.81. The number of nitrogens with one attached hydrogen (secondary N) is 1. The van der Waals surface area contributed by atoms with Crippen molar-refractivity contribution in [2.24, 2.45) is 0 Å². The van der Waals surface area contributed by atoms with E-state index in [-0.39, 0.29) is 5.97 Å². The van der Waals surface area contributed by atoms with E-state index in [1.54, 1.807) is 6.92 Å². The van der Waals surface area contributed by atoms with Crippen LogP contribution < -0.4 is 5.32 Å². The maximum atomic E-state index is 10.8. The van der Waals surface area contributed by atoms with E-state index in [9.17, 15) is 4.79 Å². The molecule has 1 N–H and O–H groups in total. The molecular weight excluding hydrogens is 154 g/mol. The van der Waals surface area contributed by atoms with Gasteiger partial charge in [0.2, 0.25) is 0 Å². The van der Waals surface area contributed by atoms with E-state index in [1.807, 2.05) is 13.0 Å². The number of allylic oxidation sites excluding steroid dienone is 1. The molecule has 0 saturated heterocycles. The van der Waals surface area contributed by atoms with Gasteiger partial charge in [-0.05, 0) is 26.8 Å². The number of carbonyl (C=O) groups is 1. The van der Waals surface area contributed by atoms with E-state index < -0.39 is 0 Å². The van der Waals surface area contributed by atoms with Crippen LogP contribution in [-0.4, -0.2) is 25.7 Å². The van der Waals surface area contributed by atoms with E-state index in [2.05, 4.69) is 11.4 Å². The molecule has 0 aliphatic heterocycles. The highest BCUT2D eigenvalue weighted by atomic mass is 16.5. The zero-order valence-electron chi connectivity index (χ0n) is 7.80. The molecule has 70 valence electrons. The summed E-state index contributed by atoms with van der Waals surface area (Å²) in [5.74, 6) is -0.182. The Hall–Kier alpha value is -0.830. The van der Waals surface area contributed by atoms with Crippen LogP contribution in [0.3, 0.4) is 0 Å². The minimum Gasteiger partial charge on any atom is -0.465 e. The molecule has 0 saturated carbocycles. The molecule has 0 fully saturated rings. The molecule has 0 radical (unpaired) electrons. The summed E-state index contributed by atoms with van der Waals surface area (Å²) in [6, 6.07) is 0. The smallest absolute Gasteiger partial charge is 0.319 e. The Labute approximate surface area is 73.8 Å². The predicted molar refractivity (Wildman–Crippen MR) is 48.9 cm³/mol. The second kappa shape index (κ2) is 8.27. The third-order valence-corrected chi connectivity index (χ3v) is 1.30. The minimum absolute atomic E-state index is 0.182. The monoisotopic (exact) mass is 171 g/mol. The summed E-state index contributed by atoms with van der Waals surface area (Å²) >= 11 is 0. The summed E-state index contributed by atoms with van der Waals surface area (Å²) in [6.07, 6.45) is 5.00. The average Bonchev–Trinajstić information content (AvgIpc) is 2.05. The number of hydrogen-bond acceptors (Lipinski definition) is 3. The van der Waals surface area contributed by atoms with Crippen molar-refractivity contribution in [1.82, 2.24) is 5.32 Å². The summed E-state index contributed by atoms with van der Waals surface area (Å²) in [7, 11) is 0. The van der Waals surface area contributed by atoms with Crippen molar-refractivity contribution >= 4 is 5.97 Å². The van der Waals surface area contributed by atoms with Crippen molar-refractivity contribution in [1.29, 1.82) is 0 Å². The first-order valence-electron chi connectivity index (χ1n) is 4.28. The quantitative estimate of drug-likeness (QED) is 0.369. The standard InChI is InChI=1S/C9H17NO2/c1-3-5-6-7-10-8-9(11)12-4-2/h3,5,10H,4,6-8H2,1-2H3/b5-3+. The molecule has 0 atom stereocenters. The fraction of sp³-hybridized carbons (Fsp3) is 0.667. The lowest BCUT2D eigenvalue weighted by atomic mass is 10.4. The summed E-state index contributed by atoms with van der Waals surface area (Å²) < 4.78 is 4.73. The van der Waals surface area contributed by atoms with Crippen LogP contribution in [0.25, 0.3) is 0 Å². The first kappa shape index (κ1) is 11.2. The molecule has 0 aromatic heterocycles. The van der Waals surface area contributed by atoms with Gasteiger partial charge in [0, 0.05) is 0 Å². The maximum absolute atomic E-state index is 10.8. The highest BCUT2D eigenvalue weighted by Crippen LogP contribution is 1.80. The van der Waals surface area contributed by atoms with Crippen molar-refractivity contribution in [3.05, 3.63) is 12.2 Å². The molecule has 3 heteroatoms. The highest BCUT2D eigenvalue weighted by molar-refractivity contribution is 5.71. The largest absolute Gasteiger partial charge is 0.465 e. The van der Waals surface area contributed by atoms with Crippen molar-refractivity contribution in [2.45, 2.75) is 20.3 Å². The Morgan fingerprint density at radius 3 is 2.92 bits per heavy atom. The molecule has 0 aromatic rings. The molecule has 0 aliphatic carbocycles. The number of ether oxygens (including phenoxy) is 1. The minimum atomic E-state index is -0.182. The summed E-state index contributed by atoms with van der Waals surface area (Å²) in [5, 5.41) is 2.98. The predicted octanol–water partition coefficient (Wildman–Crippen LogP) is 1.11. The highest BCUT2D eigenvalue weighted by Gasteiger charge is 1.97. The van der Waals surface area contributed by atoms with Crippen LogP contribution in [0.5, 0.6) is 0 Å². The third-order valence-electron chi connectivity index (χ3n) is 1.30. The fourth-order valence-corrected chi connectivity index (χ4v) is 0.755. The van der Waals surface area contributed by atoms with Gasteiger partial charge in [0.25, 0.3) is 0 Å². The fourth-order valence-electron chi connectivity index (χ4n) is 0.755. The number of hydrogen-bond donors (Lipinski definition) is 1. The average molecular weight is 171 g/mol. The van der Waals surface area contributed by atoms with Crippen molar-refractivity contribution in [2.75, 3.05) is 19.7 Å². The lowest BCUT2D eigenvalue weighted by Gasteiger charge is -2.01. The van der Waals surface area contributed by atoms with Gasteiger partial charge in [-0.15, -0.1) is 0 Å². The maximum Gasteiger partial charge on any atom is 0.319 e. The topological polar surface area (TPSA) is 38.3 Å². The number of carbonyl (C=O) groups excluding carboxylic acids is 1. The molecule has 0 aliphatic rings. The van der Waals surface area contributed by atoms with Gasteiger partial charge >= 0.3 is 5.97 Å². The Morgan fingerprint density at radius 2 is 2.33 bits per heavy atom. The SMILES string of the molecule is C/C=C/CCNCC(=O)OCC. The Balaban J connectivity index is 3.13. The molecule has 0 heterocycles. The van der Waals surface area contributed by atoms with Gasteiger partial charge < -0.3 is 10.1 Å². The molecule has 0 aromatic carbocycles. The second-order valence-electron chi connectivity index (χ2n) is 2.34. The first-order valence-corrected chi connectivity index (χ1v) is 4.28. The van der Waals surface area contributed by atoms with Crippen LogP contribution >= 0.6 is 0 Å². The molecular formula is C9H17NO2. The van der Waals surface area contributed by atoms with Gasteiger partial charge in [-0.3, -0.25) is 4.79 Å². The van der Waals surface area contributed by atoms with E-state index in [0.717, 1.165) is 13.0 Å². The Kier molecular flexibility index (Phi) is 7.70. The van der Waals surface area contributed by atoms with Crippen molar-refractivity contribution in [3.8, 4) is 0 Å². The van der Waals surface area contributed by atoms with E-state index in [1.165, 1.54) is 0 Å². The normalized spacial score (nSPS) is 10.5. The van der Waals surface area contributed by atoms with Crippen LogP contribution in [0.4, 0.5) is 0 Å². The second-order valence-corrected chi connectivity index (χ2v) is 2.34. The third kappa shape index (κ3) is 7.28. The van der Waals surface area contributed by atoms with Gasteiger partial charge in [-0.2, -0.15) is 0 Å². The van der Waals surface area contributed by atoms with Gasteiger partial charge in [-0.25, -0.2) is 0 Å². The van der Waals surface area contributed by atoms with E-state index in [4.69, 9.17) is 4.74 Å². The molecule has 12 heavy (non-hydrogen) atoms. The van der Waals surface area contributed by atoms with Gasteiger partial charge in [0.05, 0.1) is 13.2 Å². The van der Waals surface area contributed by atoms with E-state index in [0.29, 0.717) is 13.2 Å². The molecule has 0 bridgehead atoms. The summed E-state index contributed by atoms with van der Waals surface area (Å²) in [6.45, 7) is 5.37. The molecule has 0 amide bonds. The van der Waals surface area contributed by atoms with Gasteiger partial charge in [-0.1, -0.05) is 12.2 Å². The van der Waals surface area contributed by atoms with Crippen LogP contribution in [0.15, 0.2) is 12.2 Å². The lowest BCUT2D eigenvalue weighted by molar-refractivity contribution is -0.141. The van der Waals surface area contributed by atoms with E-state index >= 15 is 0 Å². The van der Waals surface area contributed by atoms with Crippen LogP contribution in [-0.2, 0) is 9.53 Å². The zero-order chi connectivity index (χ0) is 9.23. The molecule has 0 rings (SSSR count). The van der Waals surface area contributed by atoms with Crippen LogP contribution in [0.2, 0.25) is 0 Å². The molecule has 0 spiro atoms. The summed E-state index contributed by atoms with van der Waals surface area (Å²) in [5.41, 5.74) is 0. The molecule has 0 unspecified atom stereocenters. The molecule has 3 nitrogen and oxygen atoms in total. The summed E-state index contributed by atoms with van der Waals surface area (Å²) in [4.78, 5) is 10.8. The Morgan fingerprint density at radius 1 is 1.58 bits per heavy atom. The van der Waals surface area contributed by atoms with Crippen molar-refractivity contribution in [3.63, 3.8) is 0 Å². The Bertz CT molecular complexity index is 143. The van der Waals surface area contributed by atoms with Gasteiger partial charge in [0.1, 0.15) is 0 Å². The van der Waals surface area contributed by atoms with Crippen LogP contribution in [0.1, 0.15) is 20.3 Å². The lowest BCUT2D eigenvalue weighted by Crippen LogP contribution is -2.25. The van der Waals surface area contributed by atoms with Crippen molar-refractivity contribution < 1.29 is 9.53 Å². The van der Waals surface area contributed by atoms with Gasteiger partial charge in [0.15, 0.2) is 0 Å². The zero-order valence-corrected chi connectivity index (χ0v) is 7.80. The number of esters is 1.